The summed E-state index contributed by atoms with van der Waals surface area (Å²) in [7, 11) is 0. The van der Waals surface area contributed by atoms with Crippen molar-refractivity contribution >= 4 is 43.0 Å². The van der Waals surface area contributed by atoms with Crippen molar-refractivity contribution in [1.82, 2.24) is 0 Å². The number of hydrogen-bond acceptors (Lipinski definition) is 0. The van der Waals surface area contributed by atoms with Gasteiger partial charge in [0.25, 0.3) is 0 Å². The fourth-order valence-electron chi connectivity index (χ4n) is 3.35. The maximum atomic E-state index is 3.56. The van der Waals surface area contributed by atoms with Crippen molar-refractivity contribution in [3.8, 4) is 0 Å². The highest BCUT2D eigenvalue weighted by atomic mass is 79.9. The summed E-state index contributed by atoms with van der Waals surface area (Å²) in [6.45, 7) is 0. The zero-order chi connectivity index (χ0) is 19.3. The van der Waals surface area contributed by atoms with E-state index in [1.165, 1.54) is 33.4 Å². The largest absolute Gasteiger partial charge is 0.0622 e. The van der Waals surface area contributed by atoms with E-state index >= 15 is 0 Å². The Morgan fingerprint density at radius 1 is 0.357 bits per heavy atom. The van der Waals surface area contributed by atoms with Crippen LogP contribution in [0.5, 0.6) is 0 Å². The van der Waals surface area contributed by atoms with Gasteiger partial charge in [-0.3, -0.25) is 0 Å². The SMILES string of the molecule is Brc1ccc(/C(=C(\c2ccccc2)c2ccc(Br)cc2)c2ccccc2)cc1. The van der Waals surface area contributed by atoms with E-state index in [0.717, 1.165) is 8.95 Å². The maximum Gasteiger partial charge on any atom is 0.0175 e. The van der Waals surface area contributed by atoms with Crippen LogP contribution in [0.3, 0.4) is 0 Å². The Morgan fingerprint density at radius 3 is 0.964 bits per heavy atom. The highest BCUT2D eigenvalue weighted by molar-refractivity contribution is 9.10. The van der Waals surface area contributed by atoms with Gasteiger partial charge in [-0.25, -0.2) is 0 Å². The minimum absolute atomic E-state index is 1.08. The lowest BCUT2D eigenvalue weighted by atomic mass is 9.86. The maximum absolute atomic E-state index is 3.56. The van der Waals surface area contributed by atoms with E-state index in [2.05, 4.69) is 141 Å². The number of rotatable bonds is 4. The summed E-state index contributed by atoms with van der Waals surface area (Å²) in [6, 6.07) is 38.3. The first-order valence-electron chi connectivity index (χ1n) is 9.09. The van der Waals surface area contributed by atoms with E-state index in [0.29, 0.717) is 0 Å². The first-order chi connectivity index (χ1) is 13.7. The lowest BCUT2D eigenvalue weighted by molar-refractivity contribution is 1.49. The van der Waals surface area contributed by atoms with Gasteiger partial charge in [0, 0.05) is 8.95 Å². The van der Waals surface area contributed by atoms with Gasteiger partial charge in [-0.2, -0.15) is 0 Å². The molecule has 0 saturated carbocycles. The predicted octanol–water partition coefficient (Wildman–Crippen LogP) is 8.22. The molecule has 0 atom stereocenters. The molecule has 0 aliphatic heterocycles. The molecule has 0 aliphatic carbocycles. The van der Waals surface area contributed by atoms with Crippen LogP contribution in [0, 0.1) is 0 Å². The van der Waals surface area contributed by atoms with Gasteiger partial charge < -0.3 is 0 Å². The van der Waals surface area contributed by atoms with E-state index in [9.17, 15) is 0 Å². The third-order valence-corrected chi connectivity index (χ3v) is 5.70. The Hall–Kier alpha value is -2.42. The van der Waals surface area contributed by atoms with Crippen molar-refractivity contribution in [3.63, 3.8) is 0 Å². The van der Waals surface area contributed by atoms with Crippen LogP contribution in [0.2, 0.25) is 0 Å². The third-order valence-electron chi connectivity index (χ3n) is 4.64. The number of benzene rings is 4. The van der Waals surface area contributed by atoms with Gasteiger partial charge in [-0.1, -0.05) is 117 Å². The summed E-state index contributed by atoms with van der Waals surface area (Å²) >= 11 is 7.13. The highest BCUT2D eigenvalue weighted by Gasteiger charge is 2.16. The summed E-state index contributed by atoms with van der Waals surface area (Å²) in [4.78, 5) is 0. The van der Waals surface area contributed by atoms with Gasteiger partial charge in [0.1, 0.15) is 0 Å². The smallest absolute Gasteiger partial charge is 0.0175 e. The second kappa shape index (κ2) is 8.72. The van der Waals surface area contributed by atoms with Crippen LogP contribution in [0.25, 0.3) is 11.1 Å². The van der Waals surface area contributed by atoms with Crippen molar-refractivity contribution in [2.75, 3.05) is 0 Å². The summed E-state index contributed by atoms with van der Waals surface area (Å²) in [5.41, 5.74) is 7.23. The average molecular weight is 490 g/mol. The van der Waals surface area contributed by atoms with Gasteiger partial charge in [0.2, 0.25) is 0 Å². The molecule has 0 spiro atoms. The Balaban J connectivity index is 2.08. The molecule has 0 fully saturated rings. The Kier molecular flexibility index (Phi) is 5.90. The second-order valence-corrected chi connectivity index (χ2v) is 8.33. The van der Waals surface area contributed by atoms with Crippen molar-refractivity contribution in [2.45, 2.75) is 0 Å². The molecule has 0 aromatic heterocycles. The molecule has 136 valence electrons. The zero-order valence-electron chi connectivity index (χ0n) is 15.1. The first kappa shape index (κ1) is 18.9. The van der Waals surface area contributed by atoms with Crippen LogP contribution in [-0.2, 0) is 0 Å². The quantitative estimate of drug-likeness (QED) is 0.253. The predicted molar refractivity (Wildman–Crippen MR) is 126 cm³/mol. The molecular weight excluding hydrogens is 472 g/mol. The van der Waals surface area contributed by atoms with Crippen LogP contribution >= 0.6 is 31.9 Å². The Bertz CT molecular complexity index is 988. The molecule has 0 amide bonds. The molecule has 0 heterocycles. The lowest BCUT2D eigenvalue weighted by Gasteiger charge is -2.18. The average Bonchev–Trinajstić information content (AvgIpc) is 2.75. The van der Waals surface area contributed by atoms with Crippen LogP contribution in [0.4, 0.5) is 0 Å². The fraction of sp³-hybridized carbons (Fsp3) is 0. The second-order valence-electron chi connectivity index (χ2n) is 6.50. The minimum Gasteiger partial charge on any atom is -0.0622 e. The number of hydrogen-bond donors (Lipinski definition) is 0. The van der Waals surface area contributed by atoms with Crippen LogP contribution in [-0.4, -0.2) is 0 Å². The van der Waals surface area contributed by atoms with Crippen molar-refractivity contribution in [3.05, 3.63) is 140 Å². The summed E-state index contributed by atoms with van der Waals surface area (Å²) in [5, 5.41) is 0. The molecule has 0 nitrogen and oxygen atoms in total. The van der Waals surface area contributed by atoms with Gasteiger partial charge >= 0.3 is 0 Å². The summed E-state index contributed by atoms with van der Waals surface area (Å²) < 4.78 is 2.15. The molecule has 4 aromatic carbocycles. The monoisotopic (exact) mass is 488 g/mol. The minimum atomic E-state index is 1.08. The summed E-state index contributed by atoms with van der Waals surface area (Å²) in [6.07, 6.45) is 0. The van der Waals surface area contributed by atoms with Gasteiger partial charge in [-0.15, -0.1) is 0 Å². The van der Waals surface area contributed by atoms with E-state index in [-0.39, 0.29) is 0 Å². The summed E-state index contributed by atoms with van der Waals surface area (Å²) in [5.74, 6) is 0. The van der Waals surface area contributed by atoms with E-state index < -0.39 is 0 Å². The van der Waals surface area contributed by atoms with Crippen LogP contribution in [0.1, 0.15) is 22.3 Å². The standard InChI is InChI=1S/C26H18Br2/c27-23-15-11-21(12-16-23)25(19-7-3-1-4-8-19)26(20-9-5-2-6-10-20)22-13-17-24(28)18-14-22/h1-18H/b26-25+. The number of halogens is 2. The van der Waals surface area contributed by atoms with E-state index in [1.807, 2.05) is 0 Å². The van der Waals surface area contributed by atoms with E-state index in [1.54, 1.807) is 0 Å². The Morgan fingerprint density at radius 2 is 0.643 bits per heavy atom. The highest BCUT2D eigenvalue weighted by Crippen LogP contribution is 2.37. The lowest BCUT2D eigenvalue weighted by Crippen LogP contribution is -1.97. The molecule has 4 rings (SSSR count). The Labute approximate surface area is 182 Å². The zero-order valence-corrected chi connectivity index (χ0v) is 18.3. The molecule has 0 radical (unpaired) electrons. The molecule has 0 aliphatic rings. The van der Waals surface area contributed by atoms with Crippen molar-refractivity contribution in [1.29, 1.82) is 0 Å². The molecule has 2 heteroatoms. The first-order valence-corrected chi connectivity index (χ1v) is 10.7. The van der Waals surface area contributed by atoms with Crippen molar-refractivity contribution < 1.29 is 0 Å². The molecule has 0 unspecified atom stereocenters. The van der Waals surface area contributed by atoms with Crippen LogP contribution in [0.15, 0.2) is 118 Å². The van der Waals surface area contributed by atoms with E-state index in [4.69, 9.17) is 0 Å². The molecule has 0 saturated heterocycles. The fourth-order valence-corrected chi connectivity index (χ4v) is 3.88. The normalized spacial score (nSPS) is 11.8. The molecule has 4 aromatic rings. The third kappa shape index (κ3) is 4.19. The van der Waals surface area contributed by atoms with Gasteiger partial charge in [0.05, 0.1) is 0 Å². The van der Waals surface area contributed by atoms with Crippen molar-refractivity contribution in [2.24, 2.45) is 0 Å². The molecule has 0 bridgehead atoms. The molecule has 28 heavy (non-hydrogen) atoms. The van der Waals surface area contributed by atoms with Crippen LogP contribution < -0.4 is 0 Å². The molecule has 0 N–H and O–H groups in total. The van der Waals surface area contributed by atoms with Gasteiger partial charge in [0.15, 0.2) is 0 Å². The molecular formula is C26H18Br2. The van der Waals surface area contributed by atoms with Gasteiger partial charge in [-0.05, 0) is 57.7 Å². The topological polar surface area (TPSA) is 0 Å².